The van der Waals surface area contributed by atoms with Crippen LogP contribution < -0.4 is 0 Å². The van der Waals surface area contributed by atoms with E-state index in [9.17, 15) is 10.1 Å². The molecule has 0 radical (unpaired) electrons. The van der Waals surface area contributed by atoms with E-state index in [1.807, 2.05) is 42.6 Å². The summed E-state index contributed by atoms with van der Waals surface area (Å²) in [5.74, 6) is 0.631. The Balaban J connectivity index is 1.71. The number of imidazole rings is 1. The minimum Gasteiger partial charge on any atom is -0.258 e. The lowest BCUT2D eigenvalue weighted by molar-refractivity contribution is -0.384. The molecule has 118 valence electrons. The molecule has 0 bridgehead atoms. The largest absolute Gasteiger partial charge is 0.270 e. The van der Waals surface area contributed by atoms with Crippen molar-refractivity contribution >= 4 is 23.2 Å². The van der Waals surface area contributed by atoms with Crippen LogP contribution in [0.2, 0.25) is 0 Å². The van der Waals surface area contributed by atoms with Crippen LogP contribution >= 0.6 is 11.8 Å². The number of nitro groups is 1. The predicted octanol–water partition coefficient (Wildman–Crippen LogP) is 3.82. The lowest BCUT2D eigenvalue weighted by atomic mass is 10.1. The van der Waals surface area contributed by atoms with Crippen molar-refractivity contribution < 1.29 is 4.92 Å². The van der Waals surface area contributed by atoms with Gasteiger partial charge in [0.05, 0.1) is 22.5 Å². The van der Waals surface area contributed by atoms with Crippen molar-refractivity contribution in [3.8, 4) is 11.3 Å². The van der Waals surface area contributed by atoms with Gasteiger partial charge < -0.3 is 0 Å². The Morgan fingerprint density at radius 1 is 1.08 bits per heavy atom. The zero-order chi connectivity index (χ0) is 16.5. The van der Waals surface area contributed by atoms with Gasteiger partial charge >= 0.3 is 0 Å². The number of hydrogen-bond acceptors (Lipinski definition) is 5. The minimum absolute atomic E-state index is 0.0709. The number of rotatable bonds is 3. The molecule has 4 rings (SSSR count). The van der Waals surface area contributed by atoms with Gasteiger partial charge in [0.1, 0.15) is 0 Å². The number of thioether (sulfide) groups is 1. The van der Waals surface area contributed by atoms with Crippen LogP contribution in [0, 0.1) is 10.1 Å². The van der Waals surface area contributed by atoms with E-state index in [0.29, 0.717) is 5.75 Å². The Labute approximate surface area is 142 Å². The monoisotopic (exact) mass is 336 g/mol. The highest BCUT2D eigenvalue weighted by molar-refractivity contribution is 7.99. The van der Waals surface area contributed by atoms with Crippen molar-refractivity contribution in [3.05, 3.63) is 76.5 Å². The quantitative estimate of drug-likeness (QED) is 0.538. The van der Waals surface area contributed by atoms with Gasteiger partial charge in [-0.15, -0.1) is 0 Å². The van der Waals surface area contributed by atoms with E-state index in [4.69, 9.17) is 0 Å². The molecule has 0 unspecified atom stereocenters. The summed E-state index contributed by atoms with van der Waals surface area (Å²) in [4.78, 5) is 15.2. The van der Waals surface area contributed by atoms with Crippen molar-refractivity contribution in [1.29, 1.82) is 0 Å². The predicted molar refractivity (Wildman–Crippen MR) is 93.4 cm³/mol. The first kappa shape index (κ1) is 14.6. The molecule has 0 amide bonds. The Morgan fingerprint density at radius 2 is 1.88 bits per heavy atom. The summed E-state index contributed by atoms with van der Waals surface area (Å²) in [7, 11) is 0. The Hall–Kier alpha value is -2.93. The van der Waals surface area contributed by atoms with Gasteiger partial charge in [0.2, 0.25) is 0 Å². The second kappa shape index (κ2) is 5.93. The third kappa shape index (κ3) is 2.69. The fourth-order valence-electron chi connectivity index (χ4n) is 2.50. The van der Waals surface area contributed by atoms with E-state index in [2.05, 4.69) is 10.1 Å². The maximum atomic E-state index is 10.9. The van der Waals surface area contributed by atoms with E-state index in [1.165, 1.54) is 6.07 Å². The number of nitrogens with zero attached hydrogens (tertiary/aromatic N) is 4. The van der Waals surface area contributed by atoms with Gasteiger partial charge in [-0.3, -0.25) is 10.1 Å². The molecule has 0 atom stereocenters. The molecule has 0 saturated heterocycles. The average Bonchev–Trinajstić information content (AvgIpc) is 3.06. The van der Waals surface area contributed by atoms with E-state index >= 15 is 0 Å². The van der Waals surface area contributed by atoms with Crippen LogP contribution in [-0.2, 0) is 0 Å². The molecule has 2 aromatic carbocycles. The average molecular weight is 336 g/mol. The number of hydrogen-bond donors (Lipinski definition) is 0. The second-order valence-electron chi connectivity index (χ2n) is 5.26. The van der Waals surface area contributed by atoms with Crippen LogP contribution in [0.3, 0.4) is 0 Å². The molecule has 1 aliphatic heterocycles. The third-order valence-electron chi connectivity index (χ3n) is 3.68. The first-order valence-corrected chi connectivity index (χ1v) is 8.29. The number of non-ortho nitro benzene ring substituents is 1. The van der Waals surface area contributed by atoms with Gasteiger partial charge in [-0.2, -0.15) is 5.10 Å². The van der Waals surface area contributed by atoms with Gasteiger partial charge in [0, 0.05) is 29.0 Å². The highest BCUT2D eigenvalue weighted by Gasteiger charge is 2.19. The third-order valence-corrected chi connectivity index (χ3v) is 4.64. The molecule has 0 fully saturated rings. The molecule has 1 aromatic heterocycles. The fraction of sp³-hybridized carbons (Fsp3) is 0.0588. The lowest BCUT2D eigenvalue weighted by Gasteiger charge is -2.12. The summed E-state index contributed by atoms with van der Waals surface area (Å²) in [5.41, 5.74) is 3.53. The summed E-state index contributed by atoms with van der Waals surface area (Å²) < 4.78 is 1.74. The zero-order valence-electron chi connectivity index (χ0n) is 12.5. The standard InChI is InChI=1S/C17H12N4O2S/c22-21(23)14-8-4-7-13(9-14)16-11-24-17-18-15(10-20(17)19-16)12-5-2-1-3-6-12/h1-10H,11H2. The van der Waals surface area contributed by atoms with Crippen molar-refractivity contribution in [3.63, 3.8) is 0 Å². The first-order valence-electron chi connectivity index (χ1n) is 7.31. The van der Waals surface area contributed by atoms with Gasteiger partial charge in [-0.25, -0.2) is 9.66 Å². The Morgan fingerprint density at radius 3 is 2.67 bits per heavy atom. The smallest absolute Gasteiger partial charge is 0.258 e. The minimum atomic E-state index is -0.393. The normalized spacial score (nSPS) is 13.2. The van der Waals surface area contributed by atoms with E-state index in [0.717, 1.165) is 27.7 Å². The molecule has 3 aromatic rings. The Kier molecular flexibility index (Phi) is 3.62. The van der Waals surface area contributed by atoms with Crippen LogP contribution in [0.15, 0.2) is 71.1 Å². The Bertz CT molecular complexity index is 950. The molecule has 24 heavy (non-hydrogen) atoms. The van der Waals surface area contributed by atoms with Gasteiger partial charge in [0.15, 0.2) is 5.16 Å². The van der Waals surface area contributed by atoms with Crippen molar-refractivity contribution in [2.45, 2.75) is 5.16 Å². The van der Waals surface area contributed by atoms with Crippen LogP contribution in [-0.4, -0.2) is 26.0 Å². The molecular formula is C17H12N4O2S. The van der Waals surface area contributed by atoms with E-state index < -0.39 is 4.92 Å². The summed E-state index contributed by atoms with van der Waals surface area (Å²) in [6.07, 6.45) is 1.88. The second-order valence-corrected chi connectivity index (χ2v) is 6.20. The van der Waals surface area contributed by atoms with Gasteiger partial charge in [-0.1, -0.05) is 54.2 Å². The molecule has 1 aliphatic rings. The summed E-state index contributed by atoms with van der Waals surface area (Å²) >= 11 is 1.57. The van der Waals surface area contributed by atoms with Gasteiger partial charge in [-0.05, 0) is 0 Å². The van der Waals surface area contributed by atoms with Crippen molar-refractivity contribution in [2.75, 3.05) is 5.75 Å². The highest BCUT2D eigenvalue weighted by Crippen LogP contribution is 2.28. The number of aromatic nitrogens is 2. The first-order chi connectivity index (χ1) is 11.7. The fourth-order valence-corrected chi connectivity index (χ4v) is 3.38. The maximum Gasteiger partial charge on any atom is 0.270 e. The summed E-state index contributed by atoms with van der Waals surface area (Å²) in [6, 6.07) is 16.5. The molecule has 7 heteroatoms. The molecule has 6 nitrogen and oxygen atoms in total. The summed E-state index contributed by atoms with van der Waals surface area (Å²) in [5, 5.41) is 16.4. The van der Waals surface area contributed by atoms with Crippen LogP contribution in [0.1, 0.15) is 5.56 Å². The van der Waals surface area contributed by atoms with Crippen molar-refractivity contribution in [1.82, 2.24) is 9.66 Å². The number of benzene rings is 2. The molecule has 0 N–H and O–H groups in total. The molecule has 0 aliphatic carbocycles. The zero-order valence-corrected chi connectivity index (χ0v) is 13.3. The van der Waals surface area contributed by atoms with Gasteiger partial charge in [0.25, 0.3) is 5.69 Å². The maximum absolute atomic E-state index is 10.9. The van der Waals surface area contributed by atoms with Crippen LogP contribution in [0.5, 0.6) is 0 Å². The van der Waals surface area contributed by atoms with Crippen LogP contribution in [0.4, 0.5) is 5.69 Å². The number of fused-ring (bicyclic) bond motifs is 1. The molecule has 0 spiro atoms. The lowest BCUT2D eigenvalue weighted by Crippen LogP contribution is -2.12. The number of nitro benzene ring substituents is 1. The highest BCUT2D eigenvalue weighted by atomic mass is 32.2. The van der Waals surface area contributed by atoms with E-state index in [1.54, 1.807) is 28.6 Å². The van der Waals surface area contributed by atoms with Crippen LogP contribution in [0.25, 0.3) is 11.3 Å². The SMILES string of the molecule is O=[N+]([O-])c1cccc(C2=Nn3cc(-c4ccccc4)nc3SC2)c1. The van der Waals surface area contributed by atoms with E-state index in [-0.39, 0.29) is 5.69 Å². The summed E-state index contributed by atoms with van der Waals surface area (Å²) in [6.45, 7) is 0. The van der Waals surface area contributed by atoms with Crippen molar-refractivity contribution in [2.24, 2.45) is 5.10 Å². The molecule has 2 heterocycles. The molecular weight excluding hydrogens is 324 g/mol. The topological polar surface area (TPSA) is 73.3 Å². The molecule has 0 saturated carbocycles.